The van der Waals surface area contributed by atoms with E-state index < -0.39 is 0 Å². The van der Waals surface area contributed by atoms with Gasteiger partial charge >= 0.3 is 0 Å². The lowest BCUT2D eigenvalue weighted by molar-refractivity contribution is 0.0951. The van der Waals surface area contributed by atoms with Crippen LogP contribution in [-0.2, 0) is 0 Å². The van der Waals surface area contributed by atoms with Gasteiger partial charge in [0.15, 0.2) is 0 Å². The number of hydrogen-bond acceptors (Lipinski definition) is 4. The van der Waals surface area contributed by atoms with Crippen molar-refractivity contribution >= 4 is 74.5 Å². The van der Waals surface area contributed by atoms with Gasteiger partial charge in [-0.25, -0.2) is 0 Å². The summed E-state index contributed by atoms with van der Waals surface area (Å²) >= 11 is 19.8. The molecule has 1 amide bonds. The number of nitrogens with one attached hydrogen (secondary N) is 2. The van der Waals surface area contributed by atoms with Gasteiger partial charge in [0.1, 0.15) is 4.88 Å². The van der Waals surface area contributed by atoms with Crippen LogP contribution in [0.5, 0.6) is 0 Å². The second-order valence-electron chi connectivity index (χ2n) is 5.35. The largest absolute Gasteiger partial charge is 0.350 e. The van der Waals surface area contributed by atoms with Crippen LogP contribution in [0.25, 0.3) is 10.1 Å². The first-order chi connectivity index (χ1) is 11.1. The highest BCUT2D eigenvalue weighted by Crippen LogP contribution is 2.41. The van der Waals surface area contributed by atoms with Gasteiger partial charge in [-0.2, -0.15) is 0 Å². The molecule has 0 spiro atoms. The summed E-state index contributed by atoms with van der Waals surface area (Å²) in [5, 5.41) is 8.32. The summed E-state index contributed by atoms with van der Waals surface area (Å²) in [6.07, 6.45) is 0. The van der Waals surface area contributed by atoms with Crippen molar-refractivity contribution in [3.8, 4) is 0 Å². The average molecular weight is 429 g/mol. The van der Waals surface area contributed by atoms with E-state index in [2.05, 4.69) is 15.5 Å². The Morgan fingerprint density at radius 2 is 1.96 bits per heavy atom. The molecule has 132 valence electrons. The molecule has 3 rings (SSSR count). The second-order valence-corrected chi connectivity index (χ2v) is 7.63. The van der Waals surface area contributed by atoms with Crippen molar-refractivity contribution in [3.63, 3.8) is 0 Å². The number of nitrogens with zero attached hydrogens (tertiary/aromatic N) is 1. The molecule has 4 nitrogen and oxygen atoms in total. The normalized spacial score (nSPS) is 15.3. The van der Waals surface area contributed by atoms with Gasteiger partial charge in [0.05, 0.1) is 10.0 Å². The quantitative estimate of drug-likeness (QED) is 0.775. The fourth-order valence-corrected chi connectivity index (χ4v) is 4.89. The van der Waals surface area contributed by atoms with Gasteiger partial charge in [0.25, 0.3) is 5.91 Å². The molecule has 0 aliphatic carbocycles. The van der Waals surface area contributed by atoms with Crippen molar-refractivity contribution in [1.82, 2.24) is 15.5 Å². The van der Waals surface area contributed by atoms with Gasteiger partial charge in [0, 0.05) is 54.4 Å². The van der Waals surface area contributed by atoms with Gasteiger partial charge in [-0.1, -0.05) is 34.8 Å². The summed E-state index contributed by atoms with van der Waals surface area (Å²) < 4.78 is 0.819. The Labute approximate surface area is 165 Å². The molecule has 24 heavy (non-hydrogen) atoms. The monoisotopic (exact) mass is 427 g/mol. The third kappa shape index (κ3) is 4.47. The molecule has 1 aliphatic rings. The maximum Gasteiger partial charge on any atom is 0.262 e. The van der Waals surface area contributed by atoms with Crippen LogP contribution in [0.1, 0.15) is 9.67 Å². The summed E-state index contributed by atoms with van der Waals surface area (Å²) in [4.78, 5) is 15.2. The van der Waals surface area contributed by atoms with E-state index in [9.17, 15) is 4.79 Å². The zero-order chi connectivity index (χ0) is 16.4. The van der Waals surface area contributed by atoms with E-state index in [0.29, 0.717) is 31.9 Å². The molecule has 1 aromatic carbocycles. The van der Waals surface area contributed by atoms with Crippen LogP contribution in [-0.4, -0.2) is 50.1 Å². The van der Waals surface area contributed by atoms with E-state index >= 15 is 0 Å². The molecule has 9 heteroatoms. The summed E-state index contributed by atoms with van der Waals surface area (Å²) in [6.45, 7) is 5.44. The van der Waals surface area contributed by atoms with Crippen LogP contribution in [0.15, 0.2) is 12.1 Å². The molecule has 1 fully saturated rings. The lowest BCUT2D eigenvalue weighted by Gasteiger charge is -2.27. The summed E-state index contributed by atoms with van der Waals surface area (Å²) in [6, 6.07) is 3.41. The summed E-state index contributed by atoms with van der Waals surface area (Å²) in [5.41, 5.74) is 0. The SMILES string of the molecule is Cl.O=C(NCCN1CCNCC1)c1sc2cc(Cl)cc(Cl)c2c1Cl. The van der Waals surface area contributed by atoms with Crippen molar-refractivity contribution < 1.29 is 4.79 Å². The predicted molar refractivity (Wildman–Crippen MR) is 106 cm³/mol. The summed E-state index contributed by atoms with van der Waals surface area (Å²) in [5.74, 6) is -0.168. The van der Waals surface area contributed by atoms with E-state index in [1.54, 1.807) is 12.1 Å². The van der Waals surface area contributed by atoms with Gasteiger partial charge in [0.2, 0.25) is 0 Å². The molecule has 0 saturated carbocycles. The van der Waals surface area contributed by atoms with Gasteiger partial charge in [-0.3, -0.25) is 9.69 Å². The van der Waals surface area contributed by atoms with Crippen LogP contribution in [0.4, 0.5) is 0 Å². The summed E-state index contributed by atoms with van der Waals surface area (Å²) in [7, 11) is 0. The molecular weight excluding hydrogens is 412 g/mol. The number of hydrogen-bond donors (Lipinski definition) is 2. The first-order valence-corrected chi connectivity index (χ1v) is 9.29. The fourth-order valence-electron chi connectivity index (χ4n) is 2.60. The number of benzene rings is 1. The maximum absolute atomic E-state index is 12.4. The number of piperazine rings is 1. The standard InChI is InChI=1S/C15H16Cl3N3OS.ClH/c16-9-7-10(17)12-11(8-9)23-14(13(12)18)15(22)20-3-6-21-4-1-19-2-5-21;/h7-8,19H,1-6H2,(H,20,22);1H. The first-order valence-electron chi connectivity index (χ1n) is 7.34. The van der Waals surface area contributed by atoms with Crippen molar-refractivity contribution in [2.24, 2.45) is 0 Å². The number of carbonyl (C=O) groups is 1. The Kier molecular flexibility index (Phi) is 7.43. The number of thiophene rings is 1. The zero-order valence-electron chi connectivity index (χ0n) is 12.7. The number of halogens is 4. The number of carbonyl (C=O) groups excluding carboxylic acids is 1. The fraction of sp³-hybridized carbons (Fsp3) is 0.400. The lowest BCUT2D eigenvalue weighted by atomic mass is 10.2. The number of amides is 1. The second kappa shape index (κ2) is 8.90. The third-order valence-corrected chi connectivity index (χ3v) is 5.92. The van der Waals surface area contributed by atoms with E-state index in [4.69, 9.17) is 34.8 Å². The number of rotatable bonds is 4. The molecule has 0 atom stereocenters. The van der Waals surface area contributed by atoms with Gasteiger partial charge < -0.3 is 10.6 Å². The molecule has 2 heterocycles. The highest BCUT2D eigenvalue weighted by molar-refractivity contribution is 7.21. The Bertz CT molecular complexity index is 731. The lowest BCUT2D eigenvalue weighted by Crippen LogP contribution is -2.46. The van der Waals surface area contributed by atoms with Gasteiger partial charge in [-0.05, 0) is 12.1 Å². The van der Waals surface area contributed by atoms with Crippen LogP contribution in [0.2, 0.25) is 15.1 Å². The highest BCUT2D eigenvalue weighted by Gasteiger charge is 2.19. The van der Waals surface area contributed by atoms with E-state index in [1.807, 2.05) is 0 Å². The Morgan fingerprint density at radius 3 is 2.67 bits per heavy atom. The molecule has 1 saturated heterocycles. The molecule has 1 aliphatic heterocycles. The average Bonchev–Trinajstić information content (AvgIpc) is 2.85. The Morgan fingerprint density at radius 1 is 1.25 bits per heavy atom. The first kappa shape index (κ1) is 20.0. The van der Waals surface area contributed by atoms with E-state index in [1.165, 1.54) is 11.3 Å². The minimum atomic E-state index is -0.168. The smallest absolute Gasteiger partial charge is 0.262 e. The number of fused-ring (bicyclic) bond motifs is 1. The van der Waals surface area contributed by atoms with E-state index in [0.717, 1.165) is 37.4 Å². The molecule has 0 bridgehead atoms. The van der Waals surface area contributed by atoms with Crippen LogP contribution >= 0.6 is 58.5 Å². The van der Waals surface area contributed by atoms with Crippen LogP contribution in [0.3, 0.4) is 0 Å². The van der Waals surface area contributed by atoms with Gasteiger partial charge in [-0.15, -0.1) is 23.7 Å². The van der Waals surface area contributed by atoms with Crippen molar-refractivity contribution in [1.29, 1.82) is 0 Å². The Hall–Kier alpha value is -0.270. The maximum atomic E-state index is 12.4. The molecular formula is C15H17Cl4N3OS. The van der Waals surface area contributed by atoms with Crippen LogP contribution in [0, 0.1) is 0 Å². The van der Waals surface area contributed by atoms with Crippen LogP contribution < -0.4 is 10.6 Å². The van der Waals surface area contributed by atoms with Crippen molar-refractivity contribution in [3.05, 3.63) is 32.1 Å². The molecule has 2 N–H and O–H groups in total. The minimum Gasteiger partial charge on any atom is -0.350 e. The molecule has 1 aromatic heterocycles. The molecule has 2 aromatic rings. The third-order valence-electron chi connectivity index (χ3n) is 3.78. The molecule has 0 unspecified atom stereocenters. The minimum absolute atomic E-state index is 0. The predicted octanol–water partition coefficient (Wildman–Crippen LogP) is 3.92. The van der Waals surface area contributed by atoms with Crippen molar-refractivity contribution in [2.45, 2.75) is 0 Å². The zero-order valence-corrected chi connectivity index (χ0v) is 16.6. The van der Waals surface area contributed by atoms with Crippen molar-refractivity contribution in [2.75, 3.05) is 39.3 Å². The Balaban J connectivity index is 0.00000208. The van der Waals surface area contributed by atoms with E-state index in [-0.39, 0.29) is 18.3 Å². The molecule has 0 radical (unpaired) electrons. The highest BCUT2D eigenvalue weighted by atomic mass is 35.5. The topological polar surface area (TPSA) is 44.4 Å².